The van der Waals surface area contributed by atoms with Crippen LogP contribution >= 0.6 is 11.6 Å². The molecule has 0 amide bonds. The number of hydrogen-bond donors (Lipinski definition) is 1. The van der Waals surface area contributed by atoms with E-state index in [1.165, 1.54) is 0 Å². The highest BCUT2D eigenvalue weighted by atomic mass is 35.5. The first kappa shape index (κ1) is 12.3. The van der Waals surface area contributed by atoms with Crippen LogP contribution in [0.15, 0.2) is 42.1 Å². The standard InChI is InChI=1S/C12H10ClN3O2/c1-8(13)7-15-11-5-4-10-9(3-2-6-14-10)12(11)16(17)18/h2-6,15H,1,7H2. The predicted octanol–water partition coefficient (Wildman–Crippen LogP) is 3.31. The lowest BCUT2D eigenvalue weighted by Crippen LogP contribution is -2.04. The maximum Gasteiger partial charge on any atom is 0.301 e. The smallest absolute Gasteiger partial charge is 0.301 e. The van der Waals surface area contributed by atoms with Crippen molar-refractivity contribution in [2.75, 3.05) is 11.9 Å². The van der Waals surface area contributed by atoms with Crippen LogP contribution in [0, 0.1) is 10.1 Å². The summed E-state index contributed by atoms with van der Waals surface area (Å²) < 4.78 is 0. The Labute approximate surface area is 108 Å². The van der Waals surface area contributed by atoms with Crippen molar-refractivity contribution in [2.24, 2.45) is 0 Å². The van der Waals surface area contributed by atoms with E-state index in [1.54, 1.807) is 30.5 Å². The molecule has 1 N–H and O–H groups in total. The number of nitrogens with one attached hydrogen (secondary N) is 1. The maximum absolute atomic E-state index is 11.2. The van der Waals surface area contributed by atoms with Crippen molar-refractivity contribution in [1.82, 2.24) is 4.98 Å². The minimum absolute atomic E-state index is 0.00137. The third-order valence-corrected chi connectivity index (χ3v) is 2.54. The van der Waals surface area contributed by atoms with Crippen LogP contribution in [-0.4, -0.2) is 16.5 Å². The molecule has 0 unspecified atom stereocenters. The topological polar surface area (TPSA) is 68.1 Å². The van der Waals surface area contributed by atoms with Crippen molar-refractivity contribution in [3.05, 3.63) is 52.2 Å². The number of nitrogens with zero attached hydrogens (tertiary/aromatic N) is 2. The van der Waals surface area contributed by atoms with E-state index in [2.05, 4.69) is 16.9 Å². The van der Waals surface area contributed by atoms with Crippen LogP contribution in [0.1, 0.15) is 0 Å². The van der Waals surface area contributed by atoms with Crippen molar-refractivity contribution >= 4 is 33.9 Å². The molecule has 0 spiro atoms. The van der Waals surface area contributed by atoms with E-state index in [1.807, 2.05) is 0 Å². The second-order valence-electron chi connectivity index (χ2n) is 3.66. The molecule has 1 aromatic heterocycles. The number of benzene rings is 1. The summed E-state index contributed by atoms with van der Waals surface area (Å²) in [6.07, 6.45) is 1.60. The van der Waals surface area contributed by atoms with Gasteiger partial charge >= 0.3 is 5.69 Å². The van der Waals surface area contributed by atoms with Gasteiger partial charge in [-0.1, -0.05) is 18.2 Å². The molecule has 18 heavy (non-hydrogen) atoms. The molecule has 1 heterocycles. The maximum atomic E-state index is 11.2. The summed E-state index contributed by atoms with van der Waals surface area (Å²) in [4.78, 5) is 14.8. The molecule has 0 atom stereocenters. The third-order valence-electron chi connectivity index (χ3n) is 2.41. The Hall–Kier alpha value is -2.14. The molecule has 0 saturated carbocycles. The normalized spacial score (nSPS) is 10.3. The first-order valence-corrected chi connectivity index (χ1v) is 5.56. The summed E-state index contributed by atoms with van der Waals surface area (Å²) in [5.74, 6) is 0. The number of fused-ring (bicyclic) bond motifs is 1. The Kier molecular flexibility index (Phi) is 3.43. The van der Waals surface area contributed by atoms with Gasteiger partial charge in [-0.05, 0) is 24.3 Å². The first-order chi connectivity index (χ1) is 8.59. The fourth-order valence-electron chi connectivity index (χ4n) is 1.67. The molecule has 0 aliphatic rings. The van der Waals surface area contributed by atoms with Crippen LogP contribution in [0.3, 0.4) is 0 Å². The number of anilines is 1. The highest BCUT2D eigenvalue weighted by Crippen LogP contribution is 2.32. The van der Waals surface area contributed by atoms with Crippen LogP contribution in [0.2, 0.25) is 0 Å². The van der Waals surface area contributed by atoms with Gasteiger partial charge in [-0.2, -0.15) is 0 Å². The van der Waals surface area contributed by atoms with E-state index in [9.17, 15) is 10.1 Å². The van der Waals surface area contributed by atoms with Crippen LogP contribution in [-0.2, 0) is 0 Å². The van der Waals surface area contributed by atoms with Crippen LogP contribution < -0.4 is 5.32 Å². The zero-order valence-corrected chi connectivity index (χ0v) is 10.1. The molecular formula is C12H10ClN3O2. The largest absolute Gasteiger partial charge is 0.375 e. The summed E-state index contributed by atoms with van der Waals surface area (Å²) in [5, 5.41) is 14.9. The average Bonchev–Trinajstić information content (AvgIpc) is 2.35. The zero-order valence-electron chi connectivity index (χ0n) is 9.39. The SMILES string of the molecule is C=C(Cl)CNc1ccc2ncccc2c1[N+](=O)[O-]. The van der Waals surface area contributed by atoms with Gasteiger partial charge in [0.05, 0.1) is 22.4 Å². The Morgan fingerprint density at radius 3 is 2.94 bits per heavy atom. The highest BCUT2D eigenvalue weighted by Gasteiger charge is 2.18. The van der Waals surface area contributed by atoms with Crippen molar-refractivity contribution in [2.45, 2.75) is 0 Å². The zero-order chi connectivity index (χ0) is 13.1. The number of pyridine rings is 1. The summed E-state index contributed by atoms with van der Waals surface area (Å²) in [6.45, 7) is 3.80. The molecular weight excluding hydrogens is 254 g/mol. The second-order valence-corrected chi connectivity index (χ2v) is 4.19. The number of aromatic nitrogens is 1. The molecule has 6 heteroatoms. The van der Waals surface area contributed by atoms with Crippen molar-refractivity contribution in [1.29, 1.82) is 0 Å². The van der Waals surface area contributed by atoms with Crippen molar-refractivity contribution in [3.8, 4) is 0 Å². The molecule has 5 nitrogen and oxygen atoms in total. The molecule has 0 radical (unpaired) electrons. The molecule has 0 bridgehead atoms. The summed E-state index contributed by atoms with van der Waals surface area (Å²) in [5.41, 5.74) is 0.986. The minimum Gasteiger partial charge on any atom is -0.375 e. The van der Waals surface area contributed by atoms with E-state index in [0.29, 0.717) is 21.6 Å². The van der Waals surface area contributed by atoms with Gasteiger partial charge in [-0.15, -0.1) is 0 Å². The molecule has 0 aliphatic carbocycles. The molecule has 2 rings (SSSR count). The van der Waals surface area contributed by atoms with E-state index >= 15 is 0 Å². The van der Waals surface area contributed by atoms with Gasteiger partial charge in [0.2, 0.25) is 0 Å². The molecule has 0 saturated heterocycles. The number of rotatable bonds is 4. The Balaban J connectivity index is 2.55. The van der Waals surface area contributed by atoms with Crippen molar-refractivity contribution in [3.63, 3.8) is 0 Å². The van der Waals surface area contributed by atoms with Gasteiger partial charge < -0.3 is 5.32 Å². The van der Waals surface area contributed by atoms with Gasteiger partial charge in [0.15, 0.2) is 0 Å². The van der Waals surface area contributed by atoms with Crippen LogP contribution in [0.4, 0.5) is 11.4 Å². The fourth-order valence-corrected chi connectivity index (χ4v) is 1.73. The lowest BCUT2D eigenvalue weighted by molar-refractivity contribution is -0.382. The van der Waals surface area contributed by atoms with Gasteiger partial charge in [-0.3, -0.25) is 15.1 Å². The first-order valence-electron chi connectivity index (χ1n) is 5.19. The summed E-state index contributed by atoms with van der Waals surface area (Å²) in [7, 11) is 0. The Morgan fingerprint density at radius 1 is 1.50 bits per heavy atom. The van der Waals surface area contributed by atoms with Gasteiger partial charge in [0.1, 0.15) is 5.69 Å². The third kappa shape index (κ3) is 2.41. The number of halogens is 1. The molecule has 0 aliphatic heterocycles. The van der Waals surface area contributed by atoms with E-state index < -0.39 is 4.92 Å². The van der Waals surface area contributed by atoms with E-state index in [4.69, 9.17) is 11.6 Å². The van der Waals surface area contributed by atoms with Crippen LogP contribution in [0.25, 0.3) is 10.9 Å². The van der Waals surface area contributed by atoms with E-state index in [-0.39, 0.29) is 12.2 Å². The monoisotopic (exact) mass is 263 g/mol. The number of hydrogen-bond acceptors (Lipinski definition) is 4. The van der Waals surface area contributed by atoms with Gasteiger partial charge in [-0.25, -0.2) is 0 Å². The van der Waals surface area contributed by atoms with Gasteiger partial charge in [0.25, 0.3) is 0 Å². The van der Waals surface area contributed by atoms with E-state index in [0.717, 1.165) is 0 Å². The molecule has 0 fully saturated rings. The predicted molar refractivity (Wildman–Crippen MR) is 71.9 cm³/mol. The molecule has 2 aromatic rings. The number of nitro benzene ring substituents is 1. The second kappa shape index (κ2) is 5.01. The lowest BCUT2D eigenvalue weighted by Gasteiger charge is -2.07. The summed E-state index contributed by atoms with van der Waals surface area (Å²) >= 11 is 5.64. The number of nitro groups is 1. The molecule has 92 valence electrons. The average molecular weight is 264 g/mol. The van der Waals surface area contributed by atoms with Crippen molar-refractivity contribution < 1.29 is 4.92 Å². The lowest BCUT2D eigenvalue weighted by atomic mass is 10.1. The summed E-state index contributed by atoms with van der Waals surface area (Å²) in [6, 6.07) is 6.68. The minimum atomic E-state index is -0.427. The molecule has 1 aromatic carbocycles. The Bertz CT molecular complexity index is 628. The van der Waals surface area contributed by atoms with Gasteiger partial charge in [0, 0.05) is 11.2 Å². The van der Waals surface area contributed by atoms with Crippen LogP contribution in [0.5, 0.6) is 0 Å². The fraction of sp³-hybridized carbons (Fsp3) is 0.0833. The highest BCUT2D eigenvalue weighted by molar-refractivity contribution is 6.29. The Morgan fingerprint density at radius 2 is 2.28 bits per heavy atom. The quantitative estimate of drug-likeness (QED) is 0.679.